The molecule has 2 amide bonds. The van der Waals surface area contributed by atoms with Crippen LogP contribution in [-0.4, -0.2) is 63.4 Å². The highest BCUT2D eigenvalue weighted by atomic mass is 32.1. The first kappa shape index (κ1) is 23.0. The van der Waals surface area contributed by atoms with Gasteiger partial charge >= 0.3 is 12.1 Å². The largest absolute Gasteiger partial charge is 0.479 e. The normalized spacial score (nSPS) is 18.7. The Morgan fingerprint density at radius 1 is 1.14 bits per heavy atom. The van der Waals surface area contributed by atoms with Gasteiger partial charge in [-0.2, -0.15) is 0 Å². The third-order valence-corrected chi connectivity index (χ3v) is 7.54. The Bertz CT molecular complexity index is 1290. The highest BCUT2D eigenvalue weighted by molar-refractivity contribution is 7.17. The number of ether oxygens (including phenoxy) is 1. The van der Waals surface area contributed by atoms with E-state index in [1.165, 1.54) is 4.90 Å². The summed E-state index contributed by atoms with van der Waals surface area (Å²) in [6, 6.07) is 16.1. The lowest BCUT2D eigenvalue weighted by Crippen LogP contribution is -2.42. The summed E-state index contributed by atoms with van der Waals surface area (Å²) < 4.78 is 5.53. The number of fused-ring (bicyclic) bond motifs is 3. The van der Waals surface area contributed by atoms with Crippen molar-refractivity contribution in [1.82, 2.24) is 9.88 Å². The van der Waals surface area contributed by atoms with E-state index in [1.807, 2.05) is 36.4 Å². The van der Waals surface area contributed by atoms with E-state index in [0.29, 0.717) is 5.69 Å². The molecule has 1 aromatic heterocycles. The SMILES string of the molecule is Cc1nc(NC(=O)OCC2c3ccccc3-c3ccccc32)sc1C(=O)N1CCC(O)(C(=O)O)C1. The van der Waals surface area contributed by atoms with Crippen molar-refractivity contribution in [2.24, 2.45) is 0 Å². The Morgan fingerprint density at radius 3 is 2.37 bits per heavy atom. The summed E-state index contributed by atoms with van der Waals surface area (Å²) >= 11 is 0.983. The van der Waals surface area contributed by atoms with Crippen LogP contribution in [0.5, 0.6) is 0 Å². The average Bonchev–Trinajstić information content (AvgIpc) is 3.51. The van der Waals surface area contributed by atoms with Gasteiger partial charge in [-0.3, -0.25) is 10.1 Å². The molecule has 0 bridgehead atoms. The number of nitrogens with zero attached hydrogens (tertiary/aromatic N) is 2. The summed E-state index contributed by atoms with van der Waals surface area (Å²) in [5.74, 6) is -1.87. The Balaban J connectivity index is 1.24. The monoisotopic (exact) mass is 493 g/mol. The number of carbonyl (C=O) groups excluding carboxylic acids is 2. The van der Waals surface area contributed by atoms with Crippen LogP contribution in [0.15, 0.2) is 48.5 Å². The third-order valence-electron chi connectivity index (χ3n) is 6.48. The fraction of sp³-hybridized carbons (Fsp3) is 0.280. The van der Waals surface area contributed by atoms with Gasteiger partial charge in [0.05, 0.1) is 12.2 Å². The van der Waals surface area contributed by atoms with Crippen LogP contribution in [0.1, 0.15) is 38.8 Å². The van der Waals surface area contributed by atoms with Crippen LogP contribution in [0.25, 0.3) is 11.1 Å². The van der Waals surface area contributed by atoms with E-state index in [0.717, 1.165) is 33.6 Å². The van der Waals surface area contributed by atoms with E-state index < -0.39 is 23.6 Å². The zero-order valence-corrected chi connectivity index (χ0v) is 19.7. The predicted molar refractivity (Wildman–Crippen MR) is 129 cm³/mol. The number of carbonyl (C=O) groups is 3. The van der Waals surface area contributed by atoms with Gasteiger partial charge in [-0.1, -0.05) is 59.9 Å². The van der Waals surface area contributed by atoms with E-state index >= 15 is 0 Å². The van der Waals surface area contributed by atoms with E-state index in [-0.39, 0.29) is 42.0 Å². The molecule has 3 N–H and O–H groups in total. The molecule has 1 fully saturated rings. The van der Waals surface area contributed by atoms with Crippen molar-refractivity contribution in [3.63, 3.8) is 0 Å². The number of anilines is 1. The lowest BCUT2D eigenvalue weighted by Gasteiger charge is -2.18. The number of rotatable bonds is 5. The number of aliphatic carboxylic acids is 1. The number of nitrogens with one attached hydrogen (secondary N) is 1. The van der Waals surface area contributed by atoms with Crippen LogP contribution in [0, 0.1) is 6.92 Å². The Morgan fingerprint density at radius 2 is 1.77 bits per heavy atom. The molecule has 2 heterocycles. The number of β-amino-alcohol motifs (C(OH)–C–C–N with tert-alkyl or cyclic N) is 1. The number of hydrogen-bond acceptors (Lipinski definition) is 7. The molecule has 2 aromatic carbocycles. The molecule has 1 aliphatic carbocycles. The van der Waals surface area contributed by atoms with E-state index in [1.54, 1.807) is 6.92 Å². The van der Waals surface area contributed by atoms with Gasteiger partial charge in [-0.05, 0) is 29.2 Å². The number of benzene rings is 2. The molecule has 1 saturated heterocycles. The summed E-state index contributed by atoms with van der Waals surface area (Å²) in [5.41, 5.74) is 2.92. The number of carboxylic acids is 1. The maximum absolute atomic E-state index is 12.9. The molecule has 0 radical (unpaired) electrons. The molecule has 35 heavy (non-hydrogen) atoms. The van der Waals surface area contributed by atoms with Crippen LogP contribution in [0.2, 0.25) is 0 Å². The van der Waals surface area contributed by atoms with Crippen molar-refractivity contribution in [3.05, 3.63) is 70.2 Å². The molecule has 0 spiro atoms. The van der Waals surface area contributed by atoms with Gasteiger partial charge in [0, 0.05) is 18.9 Å². The minimum Gasteiger partial charge on any atom is -0.479 e. The molecule has 10 heteroatoms. The Kier molecular flexibility index (Phi) is 5.78. The number of thiazole rings is 1. The lowest BCUT2D eigenvalue weighted by molar-refractivity contribution is -0.156. The van der Waals surface area contributed by atoms with Gasteiger partial charge in [0.25, 0.3) is 5.91 Å². The van der Waals surface area contributed by atoms with Crippen molar-refractivity contribution >= 4 is 34.4 Å². The van der Waals surface area contributed by atoms with Gasteiger partial charge in [0.1, 0.15) is 11.5 Å². The number of likely N-dealkylation sites (tertiary alicyclic amines) is 1. The van der Waals surface area contributed by atoms with Crippen molar-refractivity contribution in [2.75, 3.05) is 25.0 Å². The van der Waals surface area contributed by atoms with Crippen LogP contribution in [0.4, 0.5) is 9.93 Å². The predicted octanol–water partition coefficient (Wildman–Crippen LogP) is 3.47. The topological polar surface area (TPSA) is 129 Å². The van der Waals surface area contributed by atoms with Gasteiger partial charge in [0.15, 0.2) is 10.7 Å². The number of aliphatic hydroxyl groups is 1. The minimum absolute atomic E-state index is 0.0449. The number of amides is 2. The molecule has 180 valence electrons. The zero-order valence-electron chi connectivity index (χ0n) is 18.9. The van der Waals surface area contributed by atoms with E-state index in [9.17, 15) is 24.6 Å². The summed E-state index contributed by atoms with van der Waals surface area (Å²) in [6.45, 7) is 1.60. The summed E-state index contributed by atoms with van der Waals surface area (Å²) in [7, 11) is 0. The van der Waals surface area contributed by atoms with Crippen molar-refractivity contribution in [3.8, 4) is 11.1 Å². The smallest absolute Gasteiger partial charge is 0.413 e. The number of hydrogen-bond donors (Lipinski definition) is 3. The van der Waals surface area contributed by atoms with Gasteiger partial charge in [-0.15, -0.1) is 0 Å². The quantitative estimate of drug-likeness (QED) is 0.496. The maximum Gasteiger partial charge on any atom is 0.413 e. The lowest BCUT2D eigenvalue weighted by atomic mass is 9.98. The number of aryl methyl sites for hydroxylation is 1. The fourth-order valence-electron chi connectivity index (χ4n) is 4.66. The van der Waals surface area contributed by atoms with Gasteiger partial charge in [0.2, 0.25) is 0 Å². The summed E-state index contributed by atoms with van der Waals surface area (Å²) in [4.78, 5) is 42.5. The van der Waals surface area contributed by atoms with Crippen molar-refractivity contribution < 1.29 is 29.3 Å². The second kappa shape index (κ2) is 8.79. The molecule has 3 aromatic rings. The number of aromatic nitrogens is 1. The van der Waals surface area contributed by atoms with Crippen LogP contribution >= 0.6 is 11.3 Å². The first-order valence-corrected chi connectivity index (χ1v) is 11.9. The maximum atomic E-state index is 12.9. The highest BCUT2D eigenvalue weighted by Crippen LogP contribution is 2.44. The third kappa shape index (κ3) is 4.15. The molecule has 5 rings (SSSR count). The van der Waals surface area contributed by atoms with Crippen LogP contribution in [0.3, 0.4) is 0 Å². The minimum atomic E-state index is -1.95. The van der Waals surface area contributed by atoms with Crippen LogP contribution < -0.4 is 5.32 Å². The molecular formula is C25H23N3O6S. The van der Waals surface area contributed by atoms with Crippen LogP contribution in [-0.2, 0) is 9.53 Å². The van der Waals surface area contributed by atoms with E-state index in [2.05, 4.69) is 22.4 Å². The van der Waals surface area contributed by atoms with Crippen molar-refractivity contribution in [2.45, 2.75) is 24.9 Å². The van der Waals surface area contributed by atoms with Gasteiger partial charge < -0.3 is 19.8 Å². The second-order valence-electron chi connectivity index (χ2n) is 8.70. The molecule has 1 unspecified atom stereocenters. The van der Waals surface area contributed by atoms with Crippen molar-refractivity contribution in [1.29, 1.82) is 0 Å². The average molecular weight is 494 g/mol. The first-order chi connectivity index (χ1) is 16.8. The first-order valence-electron chi connectivity index (χ1n) is 11.1. The molecule has 2 aliphatic rings. The highest BCUT2D eigenvalue weighted by Gasteiger charge is 2.45. The Labute approximate surface area is 205 Å². The second-order valence-corrected chi connectivity index (χ2v) is 9.70. The molecular weight excluding hydrogens is 470 g/mol. The number of carboxylic acid groups (broad SMARTS) is 1. The fourth-order valence-corrected chi connectivity index (χ4v) is 5.58. The van der Waals surface area contributed by atoms with Gasteiger partial charge in [-0.25, -0.2) is 14.6 Å². The summed E-state index contributed by atoms with van der Waals surface area (Å²) in [5, 5.41) is 22.1. The molecule has 9 nitrogen and oxygen atoms in total. The molecule has 1 atom stereocenters. The van der Waals surface area contributed by atoms with E-state index in [4.69, 9.17) is 4.74 Å². The molecule has 1 aliphatic heterocycles. The Hall–Kier alpha value is -3.76. The summed E-state index contributed by atoms with van der Waals surface area (Å²) in [6.07, 6.45) is -0.724. The zero-order chi connectivity index (χ0) is 24.7. The molecule has 0 saturated carbocycles. The standard InChI is InChI=1S/C25H23N3O6S/c1-14-20(21(29)28-11-10-25(33,13-28)22(30)31)35-23(26-14)27-24(32)34-12-19-17-8-4-2-6-15(17)16-7-3-5-9-18(16)19/h2-9,19,33H,10-13H2,1H3,(H,30,31)(H,26,27,32).